The number of carbonyl (C=O) groups excluding carboxylic acids is 2. The van der Waals surface area contributed by atoms with Crippen LogP contribution in [-0.2, 0) is 4.79 Å². The molecule has 1 aromatic rings. The Kier molecular flexibility index (Phi) is 4.94. The molecule has 0 aliphatic rings. The summed E-state index contributed by atoms with van der Waals surface area (Å²) in [6.07, 6.45) is -0.587. The van der Waals surface area contributed by atoms with Crippen LogP contribution in [0.3, 0.4) is 0 Å². The molecule has 1 rings (SSSR count). The standard InChI is InChI=1S/C10H14N2O3S/c1-7(13)4-11-9(14)5-12-10(15)8-2-3-16-6-8/h2-3,6-7,13H,4-5H2,1H3,(H,11,14)(H,12,15). The Morgan fingerprint density at radius 3 is 2.81 bits per heavy atom. The first-order valence-electron chi connectivity index (χ1n) is 4.84. The van der Waals surface area contributed by atoms with Gasteiger partial charge in [-0.2, -0.15) is 11.3 Å². The number of rotatable bonds is 5. The Morgan fingerprint density at radius 1 is 1.50 bits per heavy atom. The summed E-state index contributed by atoms with van der Waals surface area (Å²) in [5.74, 6) is -0.585. The molecule has 6 heteroatoms. The lowest BCUT2D eigenvalue weighted by molar-refractivity contribution is -0.120. The molecule has 1 heterocycles. The van der Waals surface area contributed by atoms with Gasteiger partial charge in [-0.3, -0.25) is 9.59 Å². The van der Waals surface area contributed by atoms with Crippen LogP contribution in [0.2, 0.25) is 0 Å². The molecule has 16 heavy (non-hydrogen) atoms. The second kappa shape index (κ2) is 6.24. The van der Waals surface area contributed by atoms with Crippen molar-refractivity contribution in [2.75, 3.05) is 13.1 Å². The van der Waals surface area contributed by atoms with Gasteiger partial charge in [-0.1, -0.05) is 0 Å². The predicted molar refractivity (Wildman–Crippen MR) is 61.3 cm³/mol. The Labute approximate surface area is 97.5 Å². The van der Waals surface area contributed by atoms with E-state index in [1.807, 2.05) is 0 Å². The largest absolute Gasteiger partial charge is 0.392 e. The third-order valence-corrected chi connectivity index (χ3v) is 2.47. The minimum absolute atomic E-state index is 0.0819. The van der Waals surface area contributed by atoms with Gasteiger partial charge in [-0.15, -0.1) is 0 Å². The molecule has 1 atom stereocenters. The average molecular weight is 242 g/mol. The predicted octanol–water partition coefficient (Wildman–Crippen LogP) is -0.0251. The summed E-state index contributed by atoms with van der Waals surface area (Å²) in [6, 6.07) is 1.69. The van der Waals surface area contributed by atoms with E-state index < -0.39 is 6.10 Å². The van der Waals surface area contributed by atoms with Crippen molar-refractivity contribution in [3.63, 3.8) is 0 Å². The number of hydrogen-bond acceptors (Lipinski definition) is 4. The Balaban J connectivity index is 2.24. The van der Waals surface area contributed by atoms with Gasteiger partial charge in [0.25, 0.3) is 5.91 Å². The van der Waals surface area contributed by atoms with Crippen molar-refractivity contribution < 1.29 is 14.7 Å². The first-order valence-corrected chi connectivity index (χ1v) is 5.79. The molecule has 1 aromatic heterocycles. The van der Waals surface area contributed by atoms with E-state index in [9.17, 15) is 9.59 Å². The molecule has 0 fully saturated rings. The maximum absolute atomic E-state index is 11.4. The Hall–Kier alpha value is -1.40. The molecule has 88 valence electrons. The van der Waals surface area contributed by atoms with Crippen LogP contribution < -0.4 is 10.6 Å². The minimum Gasteiger partial charge on any atom is -0.392 e. The van der Waals surface area contributed by atoms with E-state index in [1.165, 1.54) is 11.3 Å². The van der Waals surface area contributed by atoms with E-state index in [0.29, 0.717) is 5.56 Å². The van der Waals surface area contributed by atoms with Gasteiger partial charge < -0.3 is 15.7 Å². The molecule has 1 unspecified atom stereocenters. The highest BCUT2D eigenvalue weighted by atomic mass is 32.1. The quantitative estimate of drug-likeness (QED) is 0.678. The van der Waals surface area contributed by atoms with Crippen molar-refractivity contribution in [3.8, 4) is 0 Å². The van der Waals surface area contributed by atoms with E-state index in [2.05, 4.69) is 10.6 Å². The summed E-state index contributed by atoms with van der Waals surface area (Å²) >= 11 is 1.42. The molecule has 0 aliphatic heterocycles. The van der Waals surface area contributed by atoms with Crippen LogP contribution in [0, 0.1) is 0 Å². The first-order chi connectivity index (χ1) is 7.59. The highest BCUT2D eigenvalue weighted by Gasteiger charge is 2.08. The van der Waals surface area contributed by atoms with E-state index in [1.54, 1.807) is 23.8 Å². The van der Waals surface area contributed by atoms with Gasteiger partial charge in [0.1, 0.15) is 0 Å². The lowest BCUT2D eigenvalue weighted by Crippen LogP contribution is -2.39. The maximum atomic E-state index is 11.4. The highest BCUT2D eigenvalue weighted by Crippen LogP contribution is 2.04. The van der Waals surface area contributed by atoms with Crippen molar-refractivity contribution >= 4 is 23.2 Å². The summed E-state index contributed by atoms with van der Waals surface area (Å²) in [5, 5.41) is 17.4. The summed E-state index contributed by atoms with van der Waals surface area (Å²) < 4.78 is 0. The van der Waals surface area contributed by atoms with Gasteiger partial charge in [-0.25, -0.2) is 0 Å². The second-order valence-electron chi connectivity index (χ2n) is 3.35. The Bertz CT molecular complexity index is 349. The molecule has 0 aliphatic carbocycles. The van der Waals surface area contributed by atoms with Crippen molar-refractivity contribution in [3.05, 3.63) is 22.4 Å². The highest BCUT2D eigenvalue weighted by molar-refractivity contribution is 7.08. The summed E-state index contributed by atoms with van der Waals surface area (Å²) in [5.41, 5.74) is 0.549. The molecule has 0 saturated carbocycles. The molecule has 0 radical (unpaired) electrons. The zero-order valence-corrected chi connectivity index (χ0v) is 9.71. The molecule has 2 amide bonds. The molecule has 0 saturated heterocycles. The molecule has 5 nitrogen and oxygen atoms in total. The number of carbonyl (C=O) groups is 2. The van der Waals surface area contributed by atoms with E-state index in [-0.39, 0.29) is 24.9 Å². The van der Waals surface area contributed by atoms with Crippen LogP contribution in [0.4, 0.5) is 0 Å². The first kappa shape index (κ1) is 12.7. The van der Waals surface area contributed by atoms with Gasteiger partial charge in [0.2, 0.25) is 5.91 Å². The normalized spacial score (nSPS) is 11.9. The minimum atomic E-state index is -0.587. The lowest BCUT2D eigenvalue weighted by Gasteiger charge is -2.07. The average Bonchev–Trinajstić information content (AvgIpc) is 2.76. The molecular formula is C10H14N2O3S. The van der Waals surface area contributed by atoms with E-state index >= 15 is 0 Å². The van der Waals surface area contributed by atoms with Crippen LogP contribution in [0.1, 0.15) is 17.3 Å². The Morgan fingerprint density at radius 2 is 2.25 bits per heavy atom. The SMILES string of the molecule is CC(O)CNC(=O)CNC(=O)c1ccsc1. The smallest absolute Gasteiger partial charge is 0.252 e. The summed E-state index contributed by atoms with van der Waals surface area (Å²) in [7, 11) is 0. The zero-order chi connectivity index (χ0) is 12.0. The number of aliphatic hydroxyl groups excluding tert-OH is 1. The topological polar surface area (TPSA) is 78.4 Å². The molecule has 0 aromatic carbocycles. The van der Waals surface area contributed by atoms with Gasteiger partial charge in [0.05, 0.1) is 12.6 Å². The molecule has 0 spiro atoms. The van der Waals surface area contributed by atoms with Gasteiger partial charge in [0.15, 0.2) is 0 Å². The zero-order valence-electron chi connectivity index (χ0n) is 8.90. The molecule has 3 N–H and O–H groups in total. The van der Waals surface area contributed by atoms with Crippen LogP contribution in [0.5, 0.6) is 0 Å². The number of aliphatic hydroxyl groups is 1. The van der Waals surface area contributed by atoms with Crippen molar-refractivity contribution in [1.29, 1.82) is 0 Å². The fourth-order valence-corrected chi connectivity index (χ4v) is 1.62. The van der Waals surface area contributed by atoms with Gasteiger partial charge in [-0.05, 0) is 18.4 Å². The monoisotopic (exact) mass is 242 g/mol. The van der Waals surface area contributed by atoms with Crippen molar-refractivity contribution in [1.82, 2.24) is 10.6 Å². The van der Waals surface area contributed by atoms with E-state index in [4.69, 9.17) is 5.11 Å². The summed E-state index contributed by atoms with van der Waals surface area (Å²) in [4.78, 5) is 22.6. The fraction of sp³-hybridized carbons (Fsp3) is 0.400. The maximum Gasteiger partial charge on any atom is 0.252 e. The lowest BCUT2D eigenvalue weighted by atomic mass is 10.3. The van der Waals surface area contributed by atoms with Crippen LogP contribution >= 0.6 is 11.3 Å². The van der Waals surface area contributed by atoms with Crippen molar-refractivity contribution in [2.24, 2.45) is 0 Å². The number of thiophene rings is 1. The molecular weight excluding hydrogens is 228 g/mol. The van der Waals surface area contributed by atoms with Crippen LogP contribution in [0.15, 0.2) is 16.8 Å². The summed E-state index contributed by atoms with van der Waals surface area (Å²) in [6.45, 7) is 1.68. The molecule has 0 bridgehead atoms. The van der Waals surface area contributed by atoms with Crippen LogP contribution in [0.25, 0.3) is 0 Å². The number of nitrogens with one attached hydrogen (secondary N) is 2. The second-order valence-corrected chi connectivity index (χ2v) is 4.13. The van der Waals surface area contributed by atoms with E-state index in [0.717, 1.165) is 0 Å². The van der Waals surface area contributed by atoms with Gasteiger partial charge in [0, 0.05) is 17.5 Å². The number of amides is 2. The number of hydrogen-bond donors (Lipinski definition) is 3. The third-order valence-electron chi connectivity index (χ3n) is 1.79. The van der Waals surface area contributed by atoms with Crippen LogP contribution in [-0.4, -0.2) is 36.1 Å². The third kappa shape index (κ3) is 4.41. The van der Waals surface area contributed by atoms with Gasteiger partial charge >= 0.3 is 0 Å². The van der Waals surface area contributed by atoms with Crippen molar-refractivity contribution in [2.45, 2.75) is 13.0 Å². The fourth-order valence-electron chi connectivity index (χ4n) is 0.980.